The van der Waals surface area contributed by atoms with Crippen molar-refractivity contribution < 1.29 is 18.1 Å². The zero-order chi connectivity index (χ0) is 20.5. The van der Waals surface area contributed by atoms with Gasteiger partial charge in [-0.2, -0.15) is 4.31 Å². The quantitative estimate of drug-likeness (QED) is 0.583. The summed E-state index contributed by atoms with van der Waals surface area (Å²) in [5.41, 5.74) is 0.136. The normalized spacial score (nSPS) is 14.8. The third kappa shape index (κ3) is 3.87. The van der Waals surface area contributed by atoms with Gasteiger partial charge in [0.2, 0.25) is 10.0 Å². The average molecular weight is 424 g/mol. The van der Waals surface area contributed by atoms with Crippen LogP contribution in [0.2, 0.25) is 5.02 Å². The third-order valence-corrected chi connectivity index (χ3v) is 6.92. The van der Waals surface area contributed by atoms with Gasteiger partial charge >= 0.3 is 0 Å². The van der Waals surface area contributed by atoms with Crippen molar-refractivity contribution >= 4 is 38.9 Å². The molecule has 0 aliphatic carbocycles. The van der Waals surface area contributed by atoms with E-state index in [9.17, 15) is 23.3 Å². The minimum atomic E-state index is -3.78. The topological polar surface area (TPSA) is 110 Å². The molecular weight excluding hydrogens is 406 g/mol. The Balaban J connectivity index is 1.93. The van der Waals surface area contributed by atoms with Crippen LogP contribution in [0.15, 0.2) is 41.3 Å². The number of amides is 1. The van der Waals surface area contributed by atoms with Gasteiger partial charge in [0.15, 0.2) is 0 Å². The number of hydrogen-bond acceptors (Lipinski definition) is 5. The van der Waals surface area contributed by atoms with E-state index in [2.05, 4.69) is 5.32 Å². The third-order valence-electron chi connectivity index (χ3n) is 4.54. The van der Waals surface area contributed by atoms with Gasteiger partial charge in [0.05, 0.1) is 9.95 Å². The second-order valence-electron chi connectivity index (χ2n) is 6.44. The van der Waals surface area contributed by atoms with Crippen molar-refractivity contribution in [3.05, 3.63) is 62.7 Å². The van der Waals surface area contributed by atoms with Crippen LogP contribution >= 0.6 is 11.6 Å². The van der Waals surface area contributed by atoms with E-state index in [1.54, 1.807) is 6.07 Å². The van der Waals surface area contributed by atoms with Gasteiger partial charge in [-0.25, -0.2) is 8.42 Å². The van der Waals surface area contributed by atoms with Crippen molar-refractivity contribution in [1.29, 1.82) is 0 Å². The second-order valence-corrected chi connectivity index (χ2v) is 8.75. The highest BCUT2D eigenvalue weighted by Crippen LogP contribution is 2.30. The molecule has 8 nitrogen and oxygen atoms in total. The lowest BCUT2D eigenvalue weighted by atomic mass is 10.1. The highest BCUT2D eigenvalue weighted by molar-refractivity contribution is 7.89. The Bertz CT molecular complexity index is 1050. The molecule has 148 valence electrons. The summed E-state index contributed by atoms with van der Waals surface area (Å²) in [4.78, 5) is 23.2. The maximum atomic E-state index is 12.8. The molecule has 2 aromatic carbocycles. The first-order valence-corrected chi connectivity index (χ1v) is 10.4. The van der Waals surface area contributed by atoms with Crippen LogP contribution in [0.1, 0.15) is 28.8 Å². The first-order chi connectivity index (χ1) is 13.2. The Kier molecular flexibility index (Phi) is 5.69. The number of nitro benzene ring substituents is 1. The summed E-state index contributed by atoms with van der Waals surface area (Å²) in [6.07, 6.45) is 1.56. The molecule has 28 heavy (non-hydrogen) atoms. The molecule has 0 bridgehead atoms. The van der Waals surface area contributed by atoms with Crippen LogP contribution in [0, 0.1) is 17.0 Å². The van der Waals surface area contributed by atoms with Gasteiger partial charge in [-0.1, -0.05) is 23.7 Å². The van der Waals surface area contributed by atoms with Gasteiger partial charge in [-0.05, 0) is 44.0 Å². The van der Waals surface area contributed by atoms with Crippen LogP contribution in [0.25, 0.3) is 0 Å². The Morgan fingerprint density at radius 1 is 1.21 bits per heavy atom. The maximum Gasteiger partial charge on any atom is 0.285 e. The smallest absolute Gasteiger partial charge is 0.285 e. The summed E-state index contributed by atoms with van der Waals surface area (Å²) in [5.74, 6) is -0.706. The highest BCUT2D eigenvalue weighted by atomic mass is 35.5. The van der Waals surface area contributed by atoms with Crippen molar-refractivity contribution in [2.75, 3.05) is 18.4 Å². The molecule has 2 aromatic rings. The van der Waals surface area contributed by atoms with E-state index >= 15 is 0 Å². The number of halogens is 1. The lowest BCUT2D eigenvalue weighted by Gasteiger charge is -2.17. The van der Waals surface area contributed by atoms with E-state index in [-0.39, 0.29) is 26.9 Å². The zero-order valence-electron chi connectivity index (χ0n) is 15.0. The zero-order valence-corrected chi connectivity index (χ0v) is 16.6. The van der Waals surface area contributed by atoms with E-state index in [1.165, 1.54) is 41.6 Å². The molecular formula is C18H18ClN3O5S. The van der Waals surface area contributed by atoms with Crippen molar-refractivity contribution in [2.45, 2.75) is 24.7 Å². The molecule has 0 saturated carbocycles. The van der Waals surface area contributed by atoms with Crippen LogP contribution in [0.4, 0.5) is 11.4 Å². The molecule has 10 heteroatoms. The molecule has 1 amide bonds. The Labute approximate surface area is 167 Å². The number of nitrogens with zero attached hydrogens (tertiary/aromatic N) is 2. The van der Waals surface area contributed by atoms with Crippen molar-refractivity contribution in [3.63, 3.8) is 0 Å². The molecule has 0 atom stereocenters. The molecule has 0 spiro atoms. The lowest BCUT2D eigenvalue weighted by molar-refractivity contribution is -0.385. The monoisotopic (exact) mass is 423 g/mol. The largest absolute Gasteiger partial charge is 0.322 e. The number of benzene rings is 2. The number of nitrogens with one attached hydrogen (secondary N) is 1. The lowest BCUT2D eigenvalue weighted by Crippen LogP contribution is -2.28. The summed E-state index contributed by atoms with van der Waals surface area (Å²) in [5, 5.41) is 13.9. The predicted molar refractivity (Wildman–Crippen MR) is 105 cm³/mol. The number of carbonyl (C=O) groups is 1. The van der Waals surface area contributed by atoms with Crippen molar-refractivity contribution in [2.24, 2.45) is 0 Å². The number of nitro groups is 1. The molecule has 1 heterocycles. The van der Waals surface area contributed by atoms with Crippen LogP contribution in [-0.4, -0.2) is 36.6 Å². The summed E-state index contributed by atoms with van der Waals surface area (Å²) in [6.45, 7) is 2.38. The summed E-state index contributed by atoms with van der Waals surface area (Å²) in [7, 11) is -3.78. The van der Waals surface area contributed by atoms with Crippen LogP contribution in [0.5, 0.6) is 0 Å². The van der Waals surface area contributed by atoms with Gasteiger partial charge in [0.25, 0.3) is 11.6 Å². The van der Waals surface area contributed by atoms with E-state index in [4.69, 9.17) is 11.6 Å². The molecule has 3 rings (SSSR count). The second kappa shape index (κ2) is 7.86. The molecule has 1 aliphatic rings. The summed E-state index contributed by atoms with van der Waals surface area (Å²) in [6, 6.07) is 8.53. The van der Waals surface area contributed by atoms with Crippen LogP contribution in [0.3, 0.4) is 0 Å². The van der Waals surface area contributed by atoms with Crippen molar-refractivity contribution in [3.8, 4) is 0 Å². The van der Waals surface area contributed by atoms with Gasteiger partial charge in [-0.3, -0.25) is 14.9 Å². The average Bonchev–Trinajstić information content (AvgIpc) is 3.18. The predicted octanol–water partition coefficient (Wildman–Crippen LogP) is 3.59. The molecule has 1 aliphatic heterocycles. The number of anilines is 1. The molecule has 0 radical (unpaired) electrons. The van der Waals surface area contributed by atoms with E-state index < -0.39 is 20.9 Å². The summed E-state index contributed by atoms with van der Waals surface area (Å²) < 4.78 is 26.9. The van der Waals surface area contributed by atoms with E-state index in [0.29, 0.717) is 18.7 Å². The number of sulfonamides is 1. The molecule has 0 unspecified atom stereocenters. The fourth-order valence-electron chi connectivity index (χ4n) is 3.13. The fraction of sp³-hybridized carbons (Fsp3) is 0.278. The Morgan fingerprint density at radius 2 is 1.89 bits per heavy atom. The molecule has 1 saturated heterocycles. The van der Waals surface area contributed by atoms with Gasteiger partial charge in [-0.15, -0.1) is 0 Å². The van der Waals surface area contributed by atoms with E-state index in [1.807, 2.05) is 0 Å². The van der Waals surface area contributed by atoms with Gasteiger partial charge < -0.3 is 5.32 Å². The number of para-hydroxylation sites is 1. The SMILES string of the molecule is Cc1cccc(C(=O)Nc2ccc(Cl)c(S(=O)(=O)N3CCCC3)c2)c1[N+](=O)[O-]. The first kappa shape index (κ1) is 20.2. The van der Waals surface area contributed by atoms with Crippen LogP contribution < -0.4 is 5.32 Å². The minimum absolute atomic E-state index is 0.0476. The van der Waals surface area contributed by atoms with Crippen LogP contribution in [-0.2, 0) is 10.0 Å². The minimum Gasteiger partial charge on any atom is -0.322 e. The molecule has 0 aromatic heterocycles. The highest BCUT2D eigenvalue weighted by Gasteiger charge is 2.30. The molecule has 1 N–H and O–H groups in total. The number of carbonyl (C=O) groups excluding carboxylic acids is 1. The summed E-state index contributed by atoms with van der Waals surface area (Å²) >= 11 is 6.09. The standard InChI is InChI=1S/C18H18ClN3O5S/c1-12-5-4-6-14(17(12)22(24)25)18(23)20-13-7-8-15(19)16(11-13)28(26,27)21-9-2-3-10-21/h4-8,11H,2-3,9-10H2,1H3,(H,20,23). The first-order valence-electron chi connectivity index (χ1n) is 8.57. The Hall–Kier alpha value is -2.49. The molecule has 1 fully saturated rings. The van der Waals surface area contributed by atoms with Crippen molar-refractivity contribution in [1.82, 2.24) is 4.31 Å². The fourth-order valence-corrected chi connectivity index (χ4v) is 5.15. The number of hydrogen-bond donors (Lipinski definition) is 1. The van der Waals surface area contributed by atoms with Gasteiger partial charge in [0, 0.05) is 24.3 Å². The Morgan fingerprint density at radius 3 is 2.54 bits per heavy atom. The number of rotatable bonds is 5. The van der Waals surface area contributed by atoms with Gasteiger partial charge in [0.1, 0.15) is 10.5 Å². The maximum absolute atomic E-state index is 12.8. The number of aryl methyl sites for hydroxylation is 1. The van der Waals surface area contributed by atoms with E-state index in [0.717, 1.165) is 12.8 Å².